The molecule has 4 aliphatic heterocycles. The first-order valence-corrected chi connectivity index (χ1v) is 30.6. The summed E-state index contributed by atoms with van der Waals surface area (Å²) in [6.45, 7) is 5.66. The SMILES string of the molecule is CC[C@H]1O[C@@H](n2cc(C)c(=O)[nH]c2=O)CC1OP(=O)(OC[C@H]1O[C@@H](n2cc(C)c(=O)[nH]c2=O)CC1OC)Sc1ccc(Cl)cc1.CC[C@H]1O[C@@H](n2cc(C)c(=O)[nH]c2=O)CC1O[P+](=O)[O-].COC1C[C@H](n2cc(C)c(=O)[nH]c2=O)O[C@@H]1CO. The fourth-order valence-corrected chi connectivity index (χ4v) is 13.7. The lowest BCUT2D eigenvalue weighted by molar-refractivity contribution is -0.190. The highest BCUT2D eigenvalue weighted by Crippen LogP contribution is 2.66. The number of hydrogen-bond donors (Lipinski definition) is 5. The minimum atomic E-state index is -4.01. The predicted octanol–water partition coefficient (Wildman–Crippen LogP) is 2.74. The molecule has 5 N–H and O–H groups in total. The molecule has 33 heteroatoms. The molecule has 0 bridgehead atoms. The molecule has 1 aromatic carbocycles. The lowest BCUT2D eigenvalue weighted by Crippen LogP contribution is -2.33. The quantitative estimate of drug-likeness (QED) is 0.0787. The molecule has 0 spiro atoms. The van der Waals surface area contributed by atoms with E-state index in [-0.39, 0.29) is 38.6 Å². The Hall–Kier alpha value is -5.53. The molecule has 0 saturated carbocycles. The summed E-state index contributed by atoms with van der Waals surface area (Å²) in [6.07, 6.45) is 0.855. The third-order valence-corrected chi connectivity index (χ3v) is 18.3. The zero-order valence-corrected chi connectivity index (χ0v) is 49.6. The summed E-state index contributed by atoms with van der Waals surface area (Å²) in [5.41, 5.74) is -2.72. The van der Waals surface area contributed by atoms with Gasteiger partial charge in [-0.15, -0.1) is 4.52 Å². The molecule has 454 valence electrons. The van der Waals surface area contributed by atoms with Crippen molar-refractivity contribution in [1.82, 2.24) is 38.2 Å². The van der Waals surface area contributed by atoms with E-state index in [4.69, 9.17) is 58.7 Å². The van der Waals surface area contributed by atoms with Crippen LogP contribution in [0, 0.1) is 27.7 Å². The summed E-state index contributed by atoms with van der Waals surface area (Å²) < 4.78 is 81.5. The van der Waals surface area contributed by atoms with Crippen molar-refractivity contribution in [3.63, 3.8) is 0 Å². The highest BCUT2D eigenvalue weighted by molar-refractivity contribution is 8.55. The second kappa shape index (κ2) is 28.6. The number of nitrogens with zero attached hydrogens (tertiary/aromatic N) is 4. The minimum Gasteiger partial charge on any atom is -0.566 e. The number of hydrogen-bond acceptors (Lipinski definition) is 22. The molecular weight excluding hydrogens is 1180 g/mol. The van der Waals surface area contributed by atoms with Crippen LogP contribution in [0.1, 0.15) is 99.5 Å². The van der Waals surface area contributed by atoms with Crippen LogP contribution in [0.3, 0.4) is 0 Å². The Labute approximate surface area is 481 Å². The molecule has 4 aromatic heterocycles. The second-order valence-electron chi connectivity index (χ2n) is 19.7. The monoisotopic (exact) mass is 1240 g/mol. The summed E-state index contributed by atoms with van der Waals surface area (Å²) in [7, 11) is 0.0430. The van der Waals surface area contributed by atoms with Gasteiger partial charge in [-0.2, -0.15) is 0 Å². The molecule has 4 saturated heterocycles. The molecule has 0 amide bonds. The van der Waals surface area contributed by atoms with E-state index in [0.717, 1.165) is 11.4 Å². The third kappa shape index (κ3) is 16.1. The summed E-state index contributed by atoms with van der Waals surface area (Å²) in [5.74, 6) is 0. The van der Waals surface area contributed by atoms with Crippen molar-refractivity contribution in [2.24, 2.45) is 0 Å². The maximum absolute atomic E-state index is 14.5. The molecule has 5 aromatic rings. The van der Waals surface area contributed by atoms with Crippen LogP contribution in [0.5, 0.6) is 0 Å². The topological polar surface area (TPSA) is 380 Å². The summed E-state index contributed by atoms with van der Waals surface area (Å²) in [4.78, 5) is 115. The van der Waals surface area contributed by atoms with Gasteiger partial charge in [0.2, 0.25) is 0 Å². The van der Waals surface area contributed by atoms with Gasteiger partial charge in [0.25, 0.3) is 22.2 Å². The van der Waals surface area contributed by atoms with Gasteiger partial charge in [-0.1, -0.05) is 25.4 Å². The smallest absolute Gasteiger partial charge is 0.488 e. The molecule has 4 fully saturated rings. The van der Waals surface area contributed by atoms with Crippen LogP contribution in [0.2, 0.25) is 5.02 Å². The van der Waals surface area contributed by atoms with Crippen molar-refractivity contribution >= 4 is 38.0 Å². The Morgan fingerprint density at radius 1 is 0.602 bits per heavy atom. The number of aryl methyl sites for hydroxylation is 4. The van der Waals surface area contributed by atoms with Crippen LogP contribution in [0.15, 0.2) is 92.3 Å². The zero-order valence-electron chi connectivity index (χ0n) is 46.3. The van der Waals surface area contributed by atoms with Crippen molar-refractivity contribution < 1.29 is 61.1 Å². The molecule has 4 aliphatic rings. The van der Waals surface area contributed by atoms with Crippen molar-refractivity contribution in [3.8, 4) is 0 Å². The Balaban J connectivity index is 0.000000213. The minimum absolute atomic E-state index is 0.162. The molecule has 29 nitrogen and oxygen atoms in total. The van der Waals surface area contributed by atoms with E-state index >= 15 is 0 Å². The van der Waals surface area contributed by atoms with Crippen LogP contribution in [0.4, 0.5) is 0 Å². The van der Waals surface area contributed by atoms with Gasteiger partial charge >= 0.3 is 37.8 Å². The van der Waals surface area contributed by atoms with E-state index in [2.05, 4.69) is 19.9 Å². The molecule has 0 radical (unpaired) electrons. The number of ether oxygens (including phenoxy) is 6. The number of benzene rings is 1. The number of methoxy groups -OCH3 is 2. The zero-order chi connectivity index (χ0) is 60.6. The van der Waals surface area contributed by atoms with Crippen molar-refractivity contribution in [1.29, 1.82) is 0 Å². The third-order valence-electron chi connectivity index (χ3n) is 14.1. The fourth-order valence-electron chi connectivity index (χ4n) is 9.59. The van der Waals surface area contributed by atoms with Gasteiger partial charge in [0, 0.05) is 96.9 Å². The molecule has 0 aliphatic carbocycles. The van der Waals surface area contributed by atoms with E-state index in [1.165, 1.54) is 57.3 Å². The Kier molecular flexibility index (Phi) is 22.4. The normalized spacial score (nSPS) is 26.7. The van der Waals surface area contributed by atoms with Crippen LogP contribution >= 0.6 is 38.0 Å². The summed E-state index contributed by atoms with van der Waals surface area (Å²) in [6, 6.07) is 6.67. The van der Waals surface area contributed by atoms with Crippen LogP contribution in [-0.4, -0.2) is 120 Å². The Morgan fingerprint density at radius 2 is 0.952 bits per heavy atom. The van der Waals surface area contributed by atoms with Gasteiger partial charge in [0.1, 0.15) is 43.2 Å². The van der Waals surface area contributed by atoms with Crippen molar-refractivity contribution in [2.75, 3.05) is 27.4 Å². The highest BCUT2D eigenvalue weighted by atomic mass is 35.5. The number of H-pyrrole nitrogens is 4. The van der Waals surface area contributed by atoms with Crippen molar-refractivity contribution in [3.05, 3.63) is 160 Å². The molecule has 9 rings (SSSR count). The van der Waals surface area contributed by atoms with E-state index in [1.54, 1.807) is 52.0 Å². The van der Waals surface area contributed by atoms with Crippen molar-refractivity contribution in [2.45, 2.75) is 159 Å². The number of aliphatic hydroxyl groups excluding tert-OH is 1. The maximum atomic E-state index is 14.5. The number of aliphatic hydroxyl groups is 1. The first kappa shape index (κ1) is 65.0. The number of aromatic nitrogens is 8. The molecular formula is C50H65ClN8O21P2S. The van der Waals surface area contributed by atoms with Gasteiger partial charge in [-0.25, -0.2) is 23.7 Å². The summed E-state index contributed by atoms with van der Waals surface area (Å²) in [5, 5.41) is 9.65. The number of aromatic amines is 4. The lowest BCUT2D eigenvalue weighted by Gasteiger charge is -2.26. The van der Waals surface area contributed by atoms with Gasteiger partial charge in [0.05, 0.1) is 43.7 Å². The second-order valence-corrected chi connectivity index (χ2v) is 24.7. The molecule has 6 unspecified atom stereocenters. The fraction of sp³-hybridized carbons (Fsp3) is 0.560. The van der Waals surface area contributed by atoms with E-state index in [0.29, 0.717) is 51.4 Å². The molecule has 8 heterocycles. The Morgan fingerprint density at radius 3 is 1.31 bits per heavy atom. The van der Waals surface area contributed by atoms with E-state index in [1.807, 2.05) is 13.8 Å². The predicted molar refractivity (Wildman–Crippen MR) is 296 cm³/mol. The van der Waals surface area contributed by atoms with Gasteiger partial charge in [-0.05, 0) is 80.7 Å². The van der Waals surface area contributed by atoms with E-state index < -0.39 is 128 Å². The Bertz CT molecular complexity index is 3630. The van der Waals surface area contributed by atoms with Gasteiger partial charge in [0.15, 0.2) is 0 Å². The lowest BCUT2D eigenvalue weighted by atomic mass is 10.1. The van der Waals surface area contributed by atoms with E-state index in [9.17, 15) is 52.4 Å². The average Bonchev–Trinajstić information content (AvgIpc) is 4.45. The number of nitrogens with one attached hydrogen (secondary N) is 4. The number of halogens is 1. The largest absolute Gasteiger partial charge is 0.566 e. The molecule has 83 heavy (non-hydrogen) atoms. The standard InChI is InChI=1S/C28H34ClN4O10PS.C11H15N2O6P.C11H16N2O5/c1-5-19-21(11-24(41-19)33-13-16(3)26(35)31-28(33)37)43-44(38,45-18-8-6-17(29)7-9-18)40-14-22-20(39-4)10-23(42-22)32-12-15(2)25(34)30-27(32)36;1-3-7-8(19-20(16)17)4-9(18-7)13-5-6(2)10(14)12-11(13)15;1-6-4-13(11(16)12-10(6)15)9-3-7(17-2)8(5-14)18-9/h6-9,12-13,19-24H,5,10-11,14H2,1-4H3,(H,30,34,36)(H,31,35,37);5,7-9H,3-4H2,1-2H3,(H,12,14,15);4,7-9,14H,3,5H2,1-2H3,(H,12,15,16)/t19-,20?,21?,22-,23-,24-,44?;7-,8?,9-;7?,8-,9-/m111/s1. The first-order valence-electron chi connectivity index (χ1n) is 26.1. The molecule has 14 atom stereocenters. The van der Waals surface area contributed by atoms with Crippen LogP contribution in [0.25, 0.3) is 0 Å². The van der Waals surface area contributed by atoms with Gasteiger partial charge in [-0.3, -0.25) is 66.4 Å². The van der Waals surface area contributed by atoms with Gasteiger partial charge < -0.3 is 38.4 Å². The maximum Gasteiger partial charge on any atom is 0.488 e. The summed E-state index contributed by atoms with van der Waals surface area (Å²) >= 11 is 6.95. The highest BCUT2D eigenvalue weighted by Gasteiger charge is 2.45. The first-order chi connectivity index (χ1) is 39.4. The average molecular weight is 1240 g/mol. The van der Waals surface area contributed by atoms with Crippen LogP contribution < -0.4 is 49.9 Å². The number of rotatable bonds is 18. The van der Waals surface area contributed by atoms with Crippen LogP contribution in [-0.2, 0) is 51.1 Å².